The van der Waals surface area contributed by atoms with Gasteiger partial charge in [0, 0.05) is 38.6 Å². The van der Waals surface area contributed by atoms with Gasteiger partial charge in [-0.3, -0.25) is 5.41 Å². The first-order chi connectivity index (χ1) is 22.6. The quantitative estimate of drug-likeness (QED) is 0.178. The first-order valence-electron chi connectivity index (χ1n) is 16.5. The molecule has 0 saturated carbocycles. The van der Waals surface area contributed by atoms with Crippen LogP contribution in [0.25, 0.3) is 11.0 Å². The number of nitrogens with two attached hydrogens (primary N) is 1. The summed E-state index contributed by atoms with van der Waals surface area (Å²) in [5.74, 6) is 2.13. The highest BCUT2D eigenvalue weighted by Gasteiger charge is 2.23. The lowest BCUT2D eigenvalue weighted by Gasteiger charge is -2.26. The van der Waals surface area contributed by atoms with Crippen LogP contribution in [0.4, 0.5) is 23.0 Å². The second-order valence-electron chi connectivity index (χ2n) is 12.2. The number of hydrogen-bond acceptors (Lipinski definition) is 10. The van der Waals surface area contributed by atoms with E-state index in [1.54, 1.807) is 6.08 Å². The predicted molar refractivity (Wildman–Crippen MR) is 185 cm³/mol. The maximum atomic E-state index is 8.74. The largest absolute Gasteiger partial charge is 0.396 e. The molecule has 2 saturated heterocycles. The SMILES string of the molecule is N=C1C=C(N)/C(=N/c2c(NCCN3CCCCC3)nn3ccccc23)N/C1=N\c1c(NCCN2CCCCC2)nn2ccccc12. The average molecular weight is 622 g/mol. The van der Waals surface area contributed by atoms with Crippen LogP contribution in [0.1, 0.15) is 38.5 Å². The highest BCUT2D eigenvalue weighted by molar-refractivity contribution is 6.50. The van der Waals surface area contributed by atoms with Gasteiger partial charge >= 0.3 is 0 Å². The fourth-order valence-corrected chi connectivity index (χ4v) is 6.41. The number of nitrogens with zero attached hydrogens (tertiary/aromatic N) is 8. The van der Waals surface area contributed by atoms with Gasteiger partial charge in [-0.15, -0.1) is 10.2 Å². The summed E-state index contributed by atoms with van der Waals surface area (Å²) in [5.41, 5.74) is 10.0. The van der Waals surface area contributed by atoms with Crippen LogP contribution in [0.15, 0.2) is 70.5 Å². The van der Waals surface area contributed by atoms with Crippen LogP contribution in [-0.4, -0.2) is 98.8 Å². The van der Waals surface area contributed by atoms with Crippen molar-refractivity contribution in [2.45, 2.75) is 38.5 Å². The number of piperidine rings is 2. The molecule has 0 unspecified atom stereocenters. The van der Waals surface area contributed by atoms with Gasteiger partial charge in [-0.25, -0.2) is 19.0 Å². The molecule has 240 valence electrons. The molecule has 0 aliphatic carbocycles. The third-order valence-electron chi connectivity index (χ3n) is 8.88. The van der Waals surface area contributed by atoms with E-state index in [1.807, 2.05) is 57.8 Å². The molecular formula is C33H43N13. The molecule has 46 heavy (non-hydrogen) atoms. The number of aliphatic imine (C=N–C) groups is 2. The Hall–Kier alpha value is -4.75. The maximum absolute atomic E-state index is 8.74. The smallest absolute Gasteiger partial charge is 0.175 e. The van der Waals surface area contributed by atoms with Crippen LogP contribution in [0.3, 0.4) is 0 Å². The number of nitrogens with one attached hydrogen (secondary N) is 4. The predicted octanol–water partition coefficient (Wildman–Crippen LogP) is 4.00. The fraction of sp³-hybridized carbons (Fsp3) is 0.424. The Bertz CT molecular complexity index is 1780. The highest BCUT2D eigenvalue weighted by Crippen LogP contribution is 2.32. The number of aromatic nitrogens is 4. The number of hydrogen-bond donors (Lipinski definition) is 5. The zero-order chi connectivity index (χ0) is 31.3. The molecule has 4 aromatic rings. The van der Waals surface area contributed by atoms with E-state index >= 15 is 0 Å². The van der Waals surface area contributed by atoms with Gasteiger partial charge in [0.15, 0.2) is 23.3 Å². The minimum absolute atomic E-state index is 0.172. The molecule has 0 aromatic carbocycles. The van der Waals surface area contributed by atoms with Gasteiger partial charge in [0.2, 0.25) is 0 Å². The third-order valence-corrected chi connectivity index (χ3v) is 8.88. The summed E-state index contributed by atoms with van der Waals surface area (Å²) in [6, 6.07) is 11.8. The Labute approximate surface area is 268 Å². The van der Waals surface area contributed by atoms with Crippen molar-refractivity contribution in [3.63, 3.8) is 0 Å². The Kier molecular flexibility index (Phi) is 8.92. The number of fused-ring (bicyclic) bond motifs is 2. The van der Waals surface area contributed by atoms with E-state index in [-0.39, 0.29) is 5.71 Å². The zero-order valence-electron chi connectivity index (χ0n) is 26.3. The monoisotopic (exact) mass is 621 g/mol. The first-order valence-corrected chi connectivity index (χ1v) is 16.5. The lowest BCUT2D eigenvalue weighted by atomic mass is 10.1. The van der Waals surface area contributed by atoms with Gasteiger partial charge in [-0.05, 0) is 82.2 Å². The minimum Gasteiger partial charge on any atom is -0.396 e. The number of amidine groups is 2. The van der Waals surface area contributed by atoms with Crippen LogP contribution < -0.4 is 21.7 Å². The van der Waals surface area contributed by atoms with Crippen molar-refractivity contribution in [2.75, 3.05) is 63.0 Å². The Balaban J connectivity index is 1.16. The van der Waals surface area contributed by atoms with Crippen molar-refractivity contribution in [1.29, 1.82) is 5.41 Å². The summed E-state index contributed by atoms with van der Waals surface area (Å²) < 4.78 is 3.64. The topological polar surface area (TPSA) is 152 Å². The molecule has 0 atom stereocenters. The van der Waals surface area contributed by atoms with E-state index in [0.29, 0.717) is 40.4 Å². The van der Waals surface area contributed by atoms with Gasteiger partial charge in [-0.2, -0.15) is 0 Å². The molecule has 3 aliphatic rings. The molecule has 6 N–H and O–H groups in total. The van der Waals surface area contributed by atoms with E-state index in [0.717, 1.165) is 63.4 Å². The maximum Gasteiger partial charge on any atom is 0.175 e. The lowest BCUT2D eigenvalue weighted by molar-refractivity contribution is 0.237. The van der Waals surface area contributed by atoms with Crippen LogP contribution in [-0.2, 0) is 0 Å². The third kappa shape index (κ3) is 6.60. The van der Waals surface area contributed by atoms with Crippen LogP contribution in [0.5, 0.6) is 0 Å². The van der Waals surface area contributed by atoms with Crippen molar-refractivity contribution in [1.82, 2.24) is 34.3 Å². The molecule has 3 aliphatic heterocycles. The summed E-state index contributed by atoms with van der Waals surface area (Å²) >= 11 is 0. The van der Waals surface area contributed by atoms with Gasteiger partial charge in [0.1, 0.15) is 11.4 Å². The van der Waals surface area contributed by atoms with Crippen molar-refractivity contribution in [3.8, 4) is 0 Å². The van der Waals surface area contributed by atoms with E-state index in [2.05, 4.69) is 25.8 Å². The van der Waals surface area contributed by atoms with E-state index in [4.69, 9.17) is 31.3 Å². The van der Waals surface area contributed by atoms with E-state index in [1.165, 1.54) is 38.5 Å². The van der Waals surface area contributed by atoms with Crippen LogP contribution in [0.2, 0.25) is 0 Å². The summed E-state index contributed by atoms with van der Waals surface area (Å²) in [7, 11) is 0. The van der Waals surface area contributed by atoms with Crippen molar-refractivity contribution < 1.29 is 0 Å². The second-order valence-corrected chi connectivity index (χ2v) is 12.2. The minimum atomic E-state index is 0.172. The summed E-state index contributed by atoms with van der Waals surface area (Å²) in [5, 5.41) is 28.6. The highest BCUT2D eigenvalue weighted by atomic mass is 15.3. The zero-order valence-corrected chi connectivity index (χ0v) is 26.3. The fourth-order valence-electron chi connectivity index (χ4n) is 6.41. The lowest BCUT2D eigenvalue weighted by Crippen LogP contribution is -2.42. The summed E-state index contributed by atoms with van der Waals surface area (Å²) in [4.78, 5) is 14.9. The number of anilines is 2. The van der Waals surface area contributed by atoms with Crippen LogP contribution >= 0.6 is 0 Å². The van der Waals surface area contributed by atoms with E-state index < -0.39 is 0 Å². The number of likely N-dealkylation sites (tertiary alicyclic amines) is 2. The molecule has 7 heterocycles. The number of pyridine rings is 2. The van der Waals surface area contributed by atoms with Gasteiger partial charge in [0.05, 0.1) is 22.4 Å². The summed E-state index contributed by atoms with van der Waals surface area (Å²) in [6.07, 6.45) is 13.1. The molecule has 0 radical (unpaired) electrons. The Morgan fingerprint density at radius 2 is 1.22 bits per heavy atom. The molecule has 7 rings (SSSR count). The molecule has 13 heteroatoms. The molecule has 4 aromatic heterocycles. The first kappa shape index (κ1) is 29.9. The molecule has 2 fully saturated rings. The standard InChI is InChI=1S/C33H43N13/c34-24-23-25(35)31(39-29-27-12-4-10-20-46(27)42-33(29)37-14-22-44-17-7-2-8-18-44)40-30(24)38-28-26-11-3-9-19-45(26)41-32(28)36-13-21-43-15-5-1-6-16-43/h3-4,9-12,19-20,23,34H,1-2,5-8,13-18,21-22,35H2,(H,36,41)(H,37,42)(H,38,39,40). The van der Waals surface area contributed by atoms with Gasteiger partial charge < -0.3 is 31.5 Å². The van der Waals surface area contributed by atoms with Crippen molar-refractivity contribution in [3.05, 3.63) is 60.6 Å². The molecule has 13 nitrogen and oxygen atoms in total. The molecule has 0 spiro atoms. The van der Waals surface area contributed by atoms with Gasteiger partial charge in [-0.1, -0.05) is 25.0 Å². The van der Waals surface area contributed by atoms with Crippen LogP contribution in [0, 0.1) is 5.41 Å². The second kappa shape index (κ2) is 13.7. The molecular weight excluding hydrogens is 578 g/mol. The molecule has 0 amide bonds. The van der Waals surface area contributed by atoms with Crippen molar-refractivity contribution in [2.24, 2.45) is 15.7 Å². The summed E-state index contributed by atoms with van der Waals surface area (Å²) in [6.45, 7) is 7.98. The van der Waals surface area contributed by atoms with Gasteiger partial charge in [0.25, 0.3) is 0 Å². The Morgan fingerprint density at radius 3 is 1.74 bits per heavy atom. The van der Waals surface area contributed by atoms with E-state index in [9.17, 15) is 0 Å². The molecule has 0 bridgehead atoms. The normalized spacial score (nSPS) is 20.0. The number of rotatable bonds is 10. The average Bonchev–Trinajstić information content (AvgIpc) is 3.61. The van der Waals surface area contributed by atoms with Crippen molar-refractivity contribution >= 4 is 51.4 Å². The Morgan fingerprint density at radius 1 is 0.717 bits per heavy atom.